The molecule has 2 nitrogen and oxygen atoms in total. The largest absolute Gasteiger partial charge is 0.494 e. The van der Waals surface area contributed by atoms with Gasteiger partial charge in [0.15, 0.2) is 11.6 Å². The molecule has 2 aromatic rings. The molecule has 0 aliphatic rings. The summed E-state index contributed by atoms with van der Waals surface area (Å²) in [5.41, 5.74) is 5.77. The Morgan fingerprint density at radius 1 is 1.05 bits per heavy atom. The van der Waals surface area contributed by atoms with Gasteiger partial charge in [-0.1, -0.05) is 17.7 Å². The quantitative estimate of drug-likeness (QED) is 0.860. The Bertz CT molecular complexity index is 629. The third-order valence-electron chi connectivity index (χ3n) is 3.71. The molecule has 0 heterocycles. The van der Waals surface area contributed by atoms with Crippen LogP contribution in [-0.4, -0.2) is 7.11 Å². The van der Waals surface area contributed by atoms with Gasteiger partial charge in [0.2, 0.25) is 0 Å². The molecule has 21 heavy (non-hydrogen) atoms. The van der Waals surface area contributed by atoms with Gasteiger partial charge in [-0.05, 0) is 56.5 Å². The van der Waals surface area contributed by atoms with E-state index in [0.29, 0.717) is 0 Å². The van der Waals surface area contributed by atoms with E-state index in [1.807, 2.05) is 6.07 Å². The number of hydrogen-bond donors (Lipinski definition) is 1. The summed E-state index contributed by atoms with van der Waals surface area (Å²) in [6.45, 7) is 8.41. The van der Waals surface area contributed by atoms with Crippen LogP contribution in [0.3, 0.4) is 0 Å². The Kier molecular flexibility index (Phi) is 4.51. The Labute approximate surface area is 126 Å². The SMILES string of the molecule is COc1ccc(NC(C)c2c(C)cc(C)cc2C)cc1F. The van der Waals surface area contributed by atoms with Gasteiger partial charge >= 0.3 is 0 Å². The van der Waals surface area contributed by atoms with E-state index in [4.69, 9.17) is 4.74 Å². The minimum atomic E-state index is -0.355. The number of halogens is 1. The average Bonchev–Trinajstić information content (AvgIpc) is 2.37. The molecule has 0 saturated carbocycles. The monoisotopic (exact) mass is 287 g/mol. The van der Waals surface area contributed by atoms with Crippen molar-refractivity contribution < 1.29 is 9.13 Å². The van der Waals surface area contributed by atoms with Crippen LogP contribution in [0.2, 0.25) is 0 Å². The van der Waals surface area contributed by atoms with Crippen molar-refractivity contribution in [3.05, 3.63) is 58.4 Å². The van der Waals surface area contributed by atoms with Crippen molar-refractivity contribution in [2.24, 2.45) is 0 Å². The van der Waals surface area contributed by atoms with Crippen LogP contribution < -0.4 is 10.1 Å². The van der Waals surface area contributed by atoms with Crippen LogP contribution in [-0.2, 0) is 0 Å². The van der Waals surface area contributed by atoms with Crippen molar-refractivity contribution in [3.8, 4) is 5.75 Å². The highest BCUT2D eigenvalue weighted by Gasteiger charge is 2.13. The summed E-state index contributed by atoms with van der Waals surface area (Å²) in [5, 5.41) is 3.36. The fourth-order valence-corrected chi connectivity index (χ4v) is 2.95. The first-order valence-corrected chi connectivity index (χ1v) is 7.10. The van der Waals surface area contributed by atoms with Gasteiger partial charge in [0.05, 0.1) is 7.11 Å². The molecule has 0 aromatic heterocycles. The predicted molar refractivity (Wildman–Crippen MR) is 85.6 cm³/mol. The minimum Gasteiger partial charge on any atom is -0.494 e. The van der Waals surface area contributed by atoms with Gasteiger partial charge in [-0.25, -0.2) is 4.39 Å². The van der Waals surface area contributed by atoms with E-state index in [0.717, 1.165) is 5.69 Å². The molecule has 1 unspecified atom stereocenters. The average molecular weight is 287 g/mol. The van der Waals surface area contributed by atoms with Crippen LogP contribution in [0.1, 0.15) is 35.2 Å². The maximum absolute atomic E-state index is 13.7. The zero-order valence-electron chi connectivity index (χ0n) is 13.3. The highest BCUT2D eigenvalue weighted by molar-refractivity contribution is 5.51. The maximum atomic E-state index is 13.7. The first-order chi connectivity index (χ1) is 9.92. The highest BCUT2D eigenvalue weighted by Crippen LogP contribution is 2.28. The molecule has 0 bridgehead atoms. The molecule has 0 aliphatic heterocycles. The third kappa shape index (κ3) is 3.35. The van der Waals surface area contributed by atoms with Crippen molar-refractivity contribution in [2.45, 2.75) is 33.7 Å². The van der Waals surface area contributed by atoms with Crippen LogP contribution >= 0.6 is 0 Å². The third-order valence-corrected chi connectivity index (χ3v) is 3.71. The molecular weight excluding hydrogens is 265 g/mol. The van der Waals surface area contributed by atoms with E-state index in [9.17, 15) is 4.39 Å². The van der Waals surface area contributed by atoms with Crippen LogP contribution in [0.25, 0.3) is 0 Å². The lowest BCUT2D eigenvalue weighted by Crippen LogP contribution is -2.10. The highest BCUT2D eigenvalue weighted by atomic mass is 19.1. The molecule has 0 radical (unpaired) electrons. The Morgan fingerprint density at radius 2 is 1.67 bits per heavy atom. The van der Waals surface area contributed by atoms with Crippen molar-refractivity contribution in [2.75, 3.05) is 12.4 Å². The van der Waals surface area contributed by atoms with Crippen molar-refractivity contribution in [3.63, 3.8) is 0 Å². The van der Waals surface area contributed by atoms with Crippen LogP contribution in [0.5, 0.6) is 5.75 Å². The molecule has 112 valence electrons. The molecular formula is C18H22FNO. The van der Waals surface area contributed by atoms with Gasteiger partial charge in [-0.2, -0.15) is 0 Å². The van der Waals surface area contributed by atoms with E-state index >= 15 is 0 Å². The van der Waals surface area contributed by atoms with E-state index in [1.54, 1.807) is 6.07 Å². The lowest BCUT2D eigenvalue weighted by Gasteiger charge is -2.21. The second kappa shape index (κ2) is 6.17. The summed E-state index contributed by atoms with van der Waals surface area (Å²) in [7, 11) is 1.47. The smallest absolute Gasteiger partial charge is 0.167 e. The molecule has 1 N–H and O–H groups in total. The first-order valence-electron chi connectivity index (χ1n) is 7.10. The normalized spacial score (nSPS) is 12.1. The van der Waals surface area contributed by atoms with Crippen LogP contribution in [0.15, 0.2) is 30.3 Å². The number of anilines is 1. The molecule has 0 spiro atoms. The van der Waals surface area contributed by atoms with Gasteiger partial charge in [0.1, 0.15) is 0 Å². The zero-order chi connectivity index (χ0) is 15.6. The lowest BCUT2D eigenvalue weighted by molar-refractivity contribution is 0.386. The summed E-state index contributed by atoms with van der Waals surface area (Å²) in [6.07, 6.45) is 0. The second-order valence-electron chi connectivity index (χ2n) is 5.53. The molecule has 2 rings (SSSR count). The number of benzene rings is 2. The van der Waals surface area contributed by atoms with Crippen molar-refractivity contribution in [1.82, 2.24) is 0 Å². The lowest BCUT2D eigenvalue weighted by atomic mass is 9.95. The van der Waals surface area contributed by atoms with Crippen molar-refractivity contribution in [1.29, 1.82) is 0 Å². The van der Waals surface area contributed by atoms with E-state index in [2.05, 4.69) is 45.1 Å². The van der Waals surface area contributed by atoms with Gasteiger partial charge in [-0.3, -0.25) is 0 Å². The fourth-order valence-electron chi connectivity index (χ4n) is 2.95. The maximum Gasteiger partial charge on any atom is 0.167 e. The Morgan fingerprint density at radius 3 is 2.19 bits per heavy atom. The number of rotatable bonds is 4. The summed E-state index contributed by atoms with van der Waals surface area (Å²) < 4.78 is 18.7. The van der Waals surface area contributed by atoms with Crippen LogP contribution in [0.4, 0.5) is 10.1 Å². The Balaban J connectivity index is 2.26. The van der Waals surface area contributed by atoms with Crippen LogP contribution in [0, 0.1) is 26.6 Å². The fraction of sp³-hybridized carbons (Fsp3) is 0.333. The molecule has 2 aromatic carbocycles. The zero-order valence-corrected chi connectivity index (χ0v) is 13.3. The standard InChI is InChI=1S/C18H22FNO/c1-11-8-12(2)18(13(3)9-11)14(4)20-15-6-7-17(21-5)16(19)10-15/h6-10,14,20H,1-5H3. The number of aryl methyl sites for hydroxylation is 3. The number of ether oxygens (including phenoxy) is 1. The predicted octanol–water partition coefficient (Wildman–Crippen LogP) is 4.93. The molecule has 0 aliphatic carbocycles. The minimum absolute atomic E-state index is 0.110. The number of nitrogens with one attached hydrogen (secondary N) is 1. The van der Waals surface area contributed by atoms with E-state index in [1.165, 1.54) is 35.4 Å². The summed E-state index contributed by atoms with van der Waals surface area (Å²) >= 11 is 0. The summed E-state index contributed by atoms with van der Waals surface area (Å²) in [6, 6.07) is 9.40. The topological polar surface area (TPSA) is 21.3 Å². The van der Waals surface area contributed by atoms with Gasteiger partial charge in [-0.15, -0.1) is 0 Å². The molecule has 0 saturated heterocycles. The first kappa shape index (κ1) is 15.4. The van der Waals surface area contributed by atoms with Crippen molar-refractivity contribution >= 4 is 5.69 Å². The van der Waals surface area contributed by atoms with Gasteiger partial charge in [0, 0.05) is 17.8 Å². The van der Waals surface area contributed by atoms with E-state index in [-0.39, 0.29) is 17.6 Å². The van der Waals surface area contributed by atoms with Gasteiger partial charge in [0.25, 0.3) is 0 Å². The molecule has 1 atom stereocenters. The van der Waals surface area contributed by atoms with Gasteiger partial charge < -0.3 is 10.1 Å². The molecule has 0 amide bonds. The summed E-state index contributed by atoms with van der Waals surface area (Å²) in [5.74, 6) is -0.0945. The molecule has 3 heteroatoms. The van der Waals surface area contributed by atoms with E-state index < -0.39 is 0 Å². The summed E-state index contributed by atoms with van der Waals surface area (Å²) in [4.78, 5) is 0. The number of hydrogen-bond acceptors (Lipinski definition) is 2. The molecule has 0 fully saturated rings. The Hall–Kier alpha value is -2.03. The number of methoxy groups -OCH3 is 1. The second-order valence-corrected chi connectivity index (χ2v) is 5.53.